The summed E-state index contributed by atoms with van der Waals surface area (Å²) in [4.78, 5) is 34.2. The van der Waals surface area contributed by atoms with E-state index >= 15 is 0 Å². The van der Waals surface area contributed by atoms with Gasteiger partial charge < -0.3 is 11.5 Å². The highest BCUT2D eigenvalue weighted by atomic mass is 16.2. The number of carbonyl (C=O) groups excluding carboxylic acids is 2. The fourth-order valence-corrected chi connectivity index (χ4v) is 3.54. The molecule has 0 saturated heterocycles. The Hall–Kier alpha value is -3.68. The maximum absolute atomic E-state index is 12.9. The second-order valence-corrected chi connectivity index (χ2v) is 11.3. The van der Waals surface area contributed by atoms with Gasteiger partial charge in [-0.3, -0.25) is 30.2 Å². The fourth-order valence-electron chi connectivity index (χ4n) is 3.54. The van der Waals surface area contributed by atoms with Crippen LogP contribution in [0.25, 0.3) is 0 Å². The molecule has 42 heavy (non-hydrogen) atoms. The lowest BCUT2D eigenvalue weighted by Crippen LogP contribution is -2.44. The van der Waals surface area contributed by atoms with E-state index in [-0.39, 0.29) is 23.7 Å². The molecule has 0 heterocycles. The molecular formula is C34H56N6O2. The van der Waals surface area contributed by atoms with Crippen molar-refractivity contribution < 1.29 is 9.59 Å². The quantitative estimate of drug-likeness (QED) is 0.0395. The van der Waals surface area contributed by atoms with Crippen molar-refractivity contribution in [2.24, 2.45) is 33.3 Å². The van der Waals surface area contributed by atoms with Gasteiger partial charge in [-0.15, -0.1) is 0 Å². The van der Waals surface area contributed by atoms with Gasteiger partial charge in [0.25, 0.3) is 11.8 Å². The second kappa shape index (κ2) is 22.9. The zero-order valence-electron chi connectivity index (χ0n) is 27.3. The summed E-state index contributed by atoms with van der Waals surface area (Å²) < 4.78 is 0. The Kier molecular flexibility index (Phi) is 20.9. The van der Waals surface area contributed by atoms with Gasteiger partial charge in [0.2, 0.25) is 5.96 Å². The van der Waals surface area contributed by atoms with E-state index in [2.05, 4.69) is 86.5 Å². The first kappa shape index (κ1) is 38.3. The normalized spacial score (nSPS) is 13.3. The summed E-state index contributed by atoms with van der Waals surface area (Å²) in [6, 6.07) is 0. The lowest BCUT2D eigenvalue weighted by Gasteiger charge is -2.11. The van der Waals surface area contributed by atoms with Crippen LogP contribution in [0.2, 0.25) is 0 Å². The topological polar surface area (TPSA) is 135 Å². The first-order valence-electron chi connectivity index (χ1n) is 15.0. The number of carbonyl (C=O) groups is 2. The van der Waals surface area contributed by atoms with Gasteiger partial charge in [0, 0.05) is 24.2 Å². The van der Waals surface area contributed by atoms with Crippen molar-refractivity contribution >= 4 is 23.7 Å². The predicted octanol–water partition coefficient (Wildman–Crippen LogP) is 6.40. The van der Waals surface area contributed by atoms with E-state index in [0.717, 1.165) is 32.1 Å². The Labute approximate surface area is 255 Å². The van der Waals surface area contributed by atoms with Gasteiger partial charge in [0.15, 0.2) is 5.96 Å². The Balaban J connectivity index is 5.35. The number of nitrogens with one attached hydrogen (secondary N) is 2. The molecule has 2 atom stereocenters. The summed E-state index contributed by atoms with van der Waals surface area (Å²) in [5, 5.41) is 5.51. The minimum absolute atomic E-state index is 0.0518. The minimum atomic E-state index is -0.330. The smallest absolute Gasteiger partial charge is 0.253 e. The monoisotopic (exact) mass is 580 g/mol. The number of rotatable bonds is 17. The third-order valence-corrected chi connectivity index (χ3v) is 6.23. The van der Waals surface area contributed by atoms with Gasteiger partial charge >= 0.3 is 0 Å². The van der Waals surface area contributed by atoms with Crippen LogP contribution in [0.3, 0.4) is 0 Å². The predicted molar refractivity (Wildman–Crippen MR) is 180 cm³/mol. The Bertz CT molecular complexity index is 1010. The number of hydrogen-bond acceptors (Lipinski definition) is 4. The van der Waals surface area contributed by atoms with E-state index in [1.54, 1.807) is 26.0 Å². The largest absolute Gasteiger partial charge is 0.370 e. The average molecular weight is 581 g/mol. The van der Waals surface area contributed by atoms with E-state index in [1.165, 1.54) is 11.1 Å². The molecule has 0 fully saturated rings. The molecule has 0 aromatic rings. The molecule has 6 N–H and O–H groups in total. The molecule has 0 radical (unpaired) electrons. The molecule has 0 rings (SSSR count). The summed E-state index contributed by atoms with van der Waals surface area (Å²) in [6.45, 7) is 17.1. The van der Waals surface area contributed by atoms with Gasteiger partial charge in [-0.2, -0.15) is 0 Å². The number of hydrogen-bond donors (Lipinski definition) is 4. The van der Waals surface area contributed by atoms with Crippen molar-refractivity contribution in [1.82, 2.24) is 10.6 Å². The first-order chi connectivity index (χ1) is 19.8. The van der Waals surface area contributed by atoms with Gasteiger partial charge in [0.1, 0.15) is 0 Å². The molecule has 0 saturated carbocycles. The summed E-state index contributed by atoms with van der Waals surface area (Å²) in [7, 11) is 0. The molecule has 0 aliphatic carbocycles. The number of unbranched alkanes of at least 4 members (excludes halogenated alkanes) is 1. The lowest BCUT2D eigenvalue weighted by atomic mass is 10.0. The second-order valence-electron chi connectivity index (χ2n) is 11.3. The first-order valence-corrected chi connectivity index (χ1v) is 15.0. The third kappa shape index (κ3) is 22.1. The van der Waals surface area contributed by atoms with Crippen LogP contribution < -0.4 is 22.1 Å². The summed E-state index contributed by atoms with van der Waals surface area (Å²) in [5.41, 5.74) is 14.4. The maximum Gasteiger partial charge on any atom is 0.253 e. The van der Waals surface area contributed by atoms with E-state index in [9.17, 15) is 9.59 Å². The number of guanidine groups is 2. The molecule has 2 amide bonds. The molecule has 234 valence electrons. The SMILES string of the molecule is CC(C)=CCC[C@H](C)/C=C/C=C(\C)C(=O)NC(=NCCCCN=C(N)N)NC(=O)/C(C)=C/C=C/[C@@H](C)CCC=C(C)C. The number of allylic oxidation sites excluding steroid dienone is 10. The van der Waals surface area contributed by atoms with Crippen molar-refractivity contribution in [2.75, 3.05) is 13.1 Å². The highest BCUT2D eigenvalue weighted by molar-refractivity contribution is 6.12. The highest BCUT2D eigenvalue weighted by Crippen LogP contribution is 2.11. The van der Waals surface area contributed by atoms with Crippen molar-refractivity contribution in [3.05, 3.63) is 70.9 Å². The fraction of sp³-hybridized carbons (Fsp3) is 0.529. The number of aliphatic imine (C=N–C) groups is 2. The van der Waals surface area contributed by atoms with Crippen molar-refractivity contribution in [3.8, 4) is 0 Å². The van der Waals surface area contributed by atoms with Gasteiger partial charge in [-0.1, -0.05) is 73.6 Å². The number of nitrogens with two attached hydrogens (primary N) is 2. The molecular weight excluding hydrogens is 524 g/mol. The summed E-state index contributed by atoms with van der Waals surface area (Å²) >= 11 is 0. The molecule has 0 aliphatic rings. The zero-order chi connectivity index (χ0) is 31.9. The zero-order valence-corrected chi connectivity index (χ0v) is 27.3. The van der Waals surface area contributed by atoms with E-state index in [4.69, 9.17) is 11.5 Å². The standard InChI is InChI=1S/C34H56N6O2/c1-25(2)15-11-17-27(5)19-13-21-29(7)31(41)39-34(38-24-10-9-23-37-33(35)36)40-32(42)30(8)22-14-20-28(6)18-12-16-26(3)4/h13-16,19-22,27-28H,9-12,17-18,23-24H2,1-8H3,(H4,35,36,37)(H2,38,39,40,41,42)/b19-13+,20-14+,29-21+,30-22+/t27-,28-/m0/s1. The molecule has 0 bridgehead atoms. The Morgan fingerprint density at radius 3 is 1.48 bits per heavy atom. The van der Waals surface area contributed by atoms with Crippen molar-refractivity contribution in [1.29, 1.82) is 0 Å². The van der Waals surface area contributed by atoms with E-state index in [0.29, 0.717) is 42.5 Å². The number of amides is 2. The van der Waals surface area contributed by atoms with E-state index < -0.39 is 0 Å². The van der Waals surface area contributed by atoms with Crippen molar-refractivity contribution in [2.45, 2.75) is 93.9 Å². The highest BCUT2D eigenvalue weighted by Gasteiger charge is 2.12. The summed E-state index contributed by atoms with van der Waals surface area (Å²) in [6.07, 6.45) is 21.6. The maximum atomic E-state index is 12.9. The molecule has 8 nitrogen and oxygen atoms in total. The third-order valence-electron chi connectivity index (χ3n) is 6.23. The molecule has 0 unspecified atom stereocenters. The van der Waals surface area contributed by atoms with Gasteiger partial charge in [-0.25, -0.2) is 0 Å². The molecule has 0 aromatic heterocycles. The Morgan fingerprint density at radius 2 is 1.10 bits per heavy atom. The van der Waals surface area contributed by atoms with Crippen molar-refractivity contribution in [3.63, 3.8) is 0 Å². The molecule has 0 aromatic carbocycles. The number of nitrogens with zero attached hydrogens (tertiary/aromatic N) is 2. The molecule has 0 spiro atoms. The van der Waals surface area contributed by atoms with Crippen LogP contribution in [0.15, 0.2) is 80.9 Å². The molecule has 0 aliphatic heterocycles. The average Bonchev–Trinajstić information content (AvgIpc) is 2.89. The van der Waals surface area contributed by atoms with Gasteiger partial charge in [-0.05, 0) is 91.9 Å². The summed E-state index contributed by atoms with van der Waals surface area (Å²) in [5.74, 6) is 0.298. The van der Waals surface area contributed by atoms with Gasteiger partial charge in [0.05, 0.1) is 0 Å². The van der Waals surface area contributed by atoms with Crippen LogP contribution >= 0.6 is 0 Å². The van der Waals surface area contributed by atoms with Crippen LogP contribution in [0.4, 0.5) is 0 Å². The lowest BCUT2D eigenvalue weighted by molar-refractivity contribution is -0.116. The Morgan fingerprint density at radius 1 is 0.690 bits per heavy atom. The van der Waals surface area contributed by atoms with Crippen LogP contribution in [-0.4, -0.2) is 36.8 Å². The van der Waals surface area contributed by atoms with Crippen LogP contribution in [0.5, 0.6) is 0 Å². The molecule has 8 heteroatoms. The van der Waals surface area contributed by atoms with Crippen LogP contribution in [-0.2, 0) is 9.59 Å². The van der Waals surface area contributed by atoms with Crippen LogP contribution in [0, 0.1) is 11.8 Å². The van der Waals surface area contributed by atoms with E-state index in [1.807, 2.05) is 12.2 Å². The van der Waals surface area contributed by atoms with Crippen LogP contribution in [0.1, 0.15) is 93.9 Å². The minimum Gasteiger partial charge on any atom is -0.370 e.